The molecule has 0 amide bonds. The fourth-order valence-electron chi connectivity index (χ4n) is 6.03. The maximum Gasteiger partial charge on any atom is 0.164 e. The molecule has 2 aromatic heterocycles. The molecule has 0 radical (unpaired) electrons. The molecule has 0 aliphatic heterocycles. The van der Waals surface area contributed by atoms with Crippen LogP contribution in [0.2, 0.25) is 0 Å². The van der Waals surface area contributed by atoms with E-state index in [0.717, 1.165) is 50.1 Å². The van der Waals surface area contributed by atoms with Crippen molar-refractivity contribution >= 4 is 0 Å². The average molecular weight is 629 g/mol. The van der Waals surface area contributed by atoms with Gasteiger partial charge in [0.2, 0.25) is 0 Å². The molecule has 0 unspecified atom stereocenters. The highest BCUT2D eigenvalue weighted by Crippen LogP contribution is 2.34. The lowest BCUT2D eigenvalue weighted by Gasteiger charge is -2.13. The predicted molar refractivity (Wildman–Crippen MR) is 200 cm³/mol. The SMILES string of the molecule is Cc1ccc(-c2cc(-c3ccncc3)cc(-c3nc(-c4ccc(-c5ccccc5)cc4)nc(-c4ccc(-c5ccccc5)cc4)n3)c2)cc1. The van der Waals surface area contributed by atoms with Crippen LogP contribution >= 0.6 is 0 Å². The number of nitrogens with zero attached hydrogens (tertiary/aromatic N) is 4. The van der Waals surface area contributed by atoms with Crippen LogP contribution in [-0.4, -0.2) is 19.9 Å². The predicted octanol–water partition coefficient (Wildman–Crippen LogP) is 11.2. The number of rotatable bonds is 7. The lowest BCUT2D eigenvalue weighted by molar-refractivity contribution is 1.07. The molecule has 8 aromatic rings. The summed E-state index contributed by atoms with van der Waals surface area (Å²) in [5.41, 5.74) is 13.0. The zero-order valence-corrected chi connectivity index (χ0v) is 27.0. The molecule has 0 bridgehead atoms. The zero-order valence-electron chi connectivity index (χ0n) is 27.0. The Kier molecular flexibility index (Phi) is 8.11. The normalized spacial score (nSPS) is 11.0. The molecule has 0 fully saturated rings. The minimum Gasteiger partial charge on any atom is -0.265 e. The molecule has 0 aliphatic rings. The van der Waals surface area contributed by atoms with Gasteiger partial charge in [-0.1, -0.05) is 139 Å². The van der Waals surface area contributed by atoms with Gasteiger partial charge in [0.05, 0.1) is 0 Å². The maximum absolute atomic E-state index is 5.12. The van der Waals surface area contributed by atoms with Crippen molar-refractivity contribution < 1.29 is 0 Å². The fourth-order valence-corrected chi connectivity index (χ4v) is 6.03. The van der Waals surface area contributed by atoms with Crippen LogP contribution in [0.1, 0.15) is 5.56 Å². The second-order valence-electron chi connectivity index (χ2n) is 12.1. The topological polar surface area (TPSA) is 51.6 Å². The van der Waals surface area contributed by atoms with Crippen molar-refractivity contribution in [2.45, 2.75) is 6.92 Å². The molecule has 0 aliphatic carbocycles. The van der Waals surface area contributed by atoms with E-state index in [1.54, 1.807) is 0 Å². The molecule has 0 N–H and O–H groups in total. The van der Waals surface area contributed by atoms with Crippen LogP contribution < -0.4 is 0 Å². The third kappa shape index (κ3) is 6.53. The second-order valence-corrected chi connectivity index (χ2v) is 12.1. The Labute approximate surface area is 286 Å². The van der Waals surface area contributed by atoms with E-state index in [1.807, 2.05) is 36.7 Å². The van der Waals surface area contributed by atoms with E-state index in [0.29, 0.717) is 17.5 Å². The van der Waals surface area contributed by atoms with Gasteiger partial charge in [0.1, 0.15) is 0 Å². The maximum atomic E-state index is 5.12. The van der Waals surface area contributed by atoms with Gasteiger partial charge in [0.25, 0.3) is 0 Å². The Hall–Kier alpha value is -6.52. The number of hydrogen-bond acceptors (Lipinski definition) is 4. The van der Waals surface area contributed by atoms with Crippen molar-refractivity contribution in [1.29, 1.82) is 0 Å². The highest BCUT2D eigenvalue weighted by Gasteiger charge is 2.15. The molecule has 4 nitrogen and oxygen atoms in total. The van der Waals surface area contributed by atoms with Crippen molar-refractivity contribution in [2.24, 2.45) is 0 Å². The first-order chi connectivity index (χ1) is 24.2. The lowest BCUT2D eigenvalue weighted by atomic mass is 9.95. The van der Waals surface area contributed by atoms with Crippen LogP contribution in [0, 0.1) is 6.92 Å². The first kappa shape index (κ1) is 29.9. The summed E-state index contributed by atoms with van der Waals surface area (Å²) >= 11 is 0. The van der Waals surface area contributed by atoms with Crippen LogP contribution in [0.15, 0.2) is 176 Å². The fraction of sp³-hybridized carbons (Fsp3) is 0.0222. The summed E-state index contributed by atoms with van der Waals surface area (Å²) < 4.78 is 0. The van der Waals surface area contributed by atoms with Gasteiger partial charge in [-0.05, 0) is 81.8 Å². The number of aromatic nitrogens is 4. The van der Waals surface area contributed by atoms with Gasteiger partial charge in [0.15, 0.2) is 17.5 Å². The van der Waals surface area contributed by atoms with E-state index < -0.39 is 0 Å². The molecule has 49 heavy (non-hydrogen) atoms. The Morgan fingerprint density at radius 3 is 1.08 bits per heavy atom. The van der Waals surface area contributed by atoms with E-state index in [1.165, 1.54) is 16.7 Å². The summed E-state index contributed by atoms with van der Waals surface area (Å²) in [4.78, 5) is 19.5. The summed E-state index contributed by atoms with van der Waals surface area (Å²) in [6.45, 7) is 2.11. The van der Waals surface area contributed by atoms with Crippen LogP contribution in [0.25, 0.3) is 78.7 Å². The average Bonchev–Trinajstić information content (AvgIpc) is 3.19. The van der Waals surface area contributed by atoms with Gasteiger partial charge in [-0.15, -0.1) is 0 Å². The van der Waals surface area contributed by atoms with Crippen LogP contribution in [0.4, 0.5) is 0 Å². The molecule has 0 saturated carbocycles. The van der Waals surface area contributed by atoms with E-state index >= 15 is 0 Å². The molecule has 0 spiro atoms. The van der Waals surface area contributed by atoms with E-state index in [4.69, 9.17) is 15.0 Å². The Morgan fingerprint density at radius 2 is 0.612 bits per heavy atom. The van der Waals surface area contributed by atoms with Gasteiger partial charge >= 0.3 is 0 Å². The van der Waals surface area contributed by atoms with E-state index in [-0.39, 0.29) is 0 Å². The standard InChI is InChI=1S/C45H32N4/c1-31-12-14-36(15-13-31)40-28-41(37-24-26-46-27-25-37)30-42(29-40)45-48-43(38-20-16-34(17-21-38)32-8-4-2-5-9-32)47-44(49-45)39-22-18-35(19-23-39)33-10-6-3-7-11-33/h2-30H,1H3. The quantitative estimate of drug-likeness (QED) is 0.176. The monoisotopic (exact) mass is 628 g/mol. The van der Waals surface area contributed by atoms with Gasteiger partial charge in [-0.2, -0.15) is 0 Å². The summed E-state index contributed by atoms with van der Waals surface area (Å²) in [6.07, 6.45) is 3.65. The zero-order chi connectivity index (χ0) is 33.0. The van der Waals surface area contributed by atoms with Crippen molar-refractivity contribution in [3.8, 4) is 78.7 Å². The summed E-state index contributed by atoms with van der Waals surface area (Å²) in [5.74, 6) is 1.86. The third-order valence-corrected chi connectivity index (χ3v) is 8.73. The van der Waals surface area contributed by atoms with E-state index in [9.17, 15) is 0 Å². The third-order valence-electron chi connectivity index (χ3n) is 8.73. The lowest BCUT2D eigenvalue weighted by Crippen LogP contribution is -2.00. The van der Waals surface area contributed by atoms with Gasteiger partial charge in [0, 0.05) is 29.1 Å². The highest BCUT2D eigenvalue weighted by atomic mass is 15.0. The first-order valence-electron chi connectivity index (χ1n) is 16.4. The van der Waals surface area contributed by atoms with Crippen molar-refractivity contribution in [3.63, 3.8) is 0 Å². The molecule has 232 valence electrons. The minimum atomic E-state index is 0.614. The first-order valence-corrected chi connectivity index (χ1v) is 16.4. The number of pyridine rings is 1. The minimum absolute atomic E-state index is 0.614. The summed E-state index contributed by atoms with van der Waals surface area (Å²) in [6, 6.07) is 56.9. The van der Waals surface area contributed by atoms with Crippen LogP contribution in [0.3, 0.4) is 0 Å². The molecular formula is C45H32N4. The second kappa shape index (κ2) is 13.3. The van der Waals surface area contributed by atoms with E-state index in [2.05, 4.69) is 151 Å². The molecule has 6 aromatic carbocycles. The van der Waals surface area contributed by atoms with Gasteiger partial charge in [-0.25, -0.2) is 15.0 Å². The van der Waals surface area contributed by atoms with Crippen LogP contribution in [-0.2, 0) is 0 Å². The van der Waals surface area contributed by atoms with Crippen molar-refractivity contribution in [1.82, 2.24) is 19.9 Å². The van der Waals surface area contributed by atoms with Crippen molar-refractivity contribution in [3.05, 3.63) is 182 Å². The van der Waals surface area contributed by atoms with Gasteiger partial charge < -0.3 is 0 Å². The number of aryl methyl sites for hydroxylation is 1. The molecule has 4 heteroatoms. The highest BCUT2D eigenvalue weighted by molar-refractivity contribution is 5.80. The van der Waals surface area contributed by atoms with Crippen molar-refractivity contribution in [2.75, 3.05) is 0 Å². The summed E-state index contributed by atoms with van der Waals surface area (Å²) in [7, 11) is 0. The largest absolute Gasteiger partial charge is 0.265 e. The molecule has 0 saturated heterocycles. The Balaban J connectivity index is 1.28. The van der Waals surface area contributed by atoms with Crippen LogP contribution in [0.5, 0.6) is 0 Å². The Bertz CT molecular complexity index is 2230. The molecular weight excluding hydrogens is 597 g/mol. The molecule has 8 rings (SSSR count). The summed E-state index contributed by atoms with van der Waals surface area (Å²) in [5, 5.41) is 0. The number of hydrogen-bond donors (Lipinski definition) is 0. The number of benzene rings is 6. The smallest absolute Gasteiger partial charge is 0.164 e. The molecule has 0 atom stereocenters. The molecule has 2 heterocycles. The van der Waals surface area contributed by atoms with Gasteiger partial charge in [-0.3, -0.25) is 4.98 Å². The Morgan fingerprint density at radius 1 is 0.286 bits per heavy atom.